The van der Waals surface area contributed by atoms with E-state index < -0.39 is 0 Å². The van der Waals surface area contributed by atoms with Gasteiger partial charge in [-0.3, -0.25) is 4.79 Å². The minimum Gasteiger partial charge on any atom is -0.459 e. The van der Waals surface area contributed by atoms with E-state index in [-0.39, 0.29) is 36.5 Å². The van der Waals surface area contributed by atoms with Crippen molar-refractivity contribution in [1.29, 1.82) is 0 Å². The standard InChI is InChI=1S/C20H22O4/c1-12-8-13(2)19-15(9-12)11-16(21)6-4-5-7-17-18(24-17)10-14(3)23-20(19)22/h4-9,14,17-18H,10-11H2,1-3H3/b6-4+,7-5-/t14-,17+,18-/m1/s1. The van der Waals surface area contributed by atoms with Gasteiger partial charge < -0.3 is 9.47 Å². The monoisotopic (exact) mass is 326 g/mol. The van der Waals surface area contributed by atoms with E-state index in [0.717, 1.165) is 16.7 Å². The molecule has 0 aliphatic carbocycles. The van der Waals surface area contributed by atoms with Gasteiger partial charge in [-0.25, -0.2) is 4.79 Å². The number of epoxide rings is 1. The Labute approximate surface area is 142 Å². The zero-order valence-electron chi connectivity index (χ0n) is 14.2. The minimum absolute atomic E-state index is 0.0444. The molecule has 4 heteroatoms. The number of aryl methyl sites for hydroxylation is 2. The highest BCUT2D eigenvalue weighted by molar-refractivity contribution is 5.97. The Balaban J connectivity index is 1.96. The second kappa shape index (κ2) is 6.73. The van der Waals surface area contributed by atoms with Crippen LogP contribution in [-0.2, 0) is 20.7 Å². The fourth-order valence-electron chi connectivity index (χ4n) is 3.20. The van der Waals surface area contributed by atoms with Crippen molar-refractivity contribution in [3.8, 4) is 0 Å². The van der Waals surface area contributed by atoms with Gasteiger partial charge in [0.2, 0.25) is 0 Å². The number of fused-ring (bicyclic) bond motifs is 2. The lowest BCUT2D eigenvalue weighted by Crippen LogP contribution is -2.20. The molecule has 3 atom stereocenters. The molecular weight excluding hydrogens is 304 g/mol. The van der Waals surface area contributed by atoms with Gasteiger partial charge in [0.1, 0.15) is 12.2 Å². The summed E-state index contributed by atoms with van der Waals surface area (Å²) >= 11 is 0. The highest BCUT2D eigenvalue weighted by Crippen LogP contribution is 2.29. The Morgan fingerprint density at radius 3 is 2.71 bits per heavy atom. The molecule has 3 rings (SSSR count). The normalized spacial score (nSPS) is 29.7. The molecule has 0 N–H and O–H groups in total. The number of ketones is 1. The molecule has 0 spiro atoms. The Hall–Kier alpha value is -2.20. The van der Waals surface area contributed by atoms with Crippen LogP contribution in [0.25, 0.3) is 0 Å². The molecule has 2 heterocycles. The van der Waals surface area contributed by atoms with Crippen LogP contribution in [0.1, 0.15) is 40.4 Å². The molecule has 0 saturated carbocycles. The van der Waals surface area contributed by atoms with Gasteiger partial charge in [-0.05, 0) is 38.0 Å². The third kappa shape index (κ3) is 3.82. The number of hydrogen-bond donors (Lipinski definition) is 0. The number of cyclic esters (lactones) is 1. The molecule has 1 aromatic carbocycles. The summed E-state index contributed by atoms with van der Waals surface area (Å²) in [7, 11) is 0. The van der Waals surface area contributed by atoms with Crippen molar-refractivity contribution in [2.24, 2.45) is 0 Å². The summed E-state index contributed by atoms with van der Waals surface area (Å²) in [4.78, 5) is 24.8. The summed E-state index contributed by atoms with van der Waals surface area (Å²) in [5.41, 5.74) is 3.10. The molecule has 2 aliphatic rings. The first kappa shape index (κ1) is 16.7. The molecule has 1 fully saturated rings. The largest absolute Gasteiger partial charge is 0.459 e. The van der Waals surface area contributed by atoms with Crippen molar-refractivity contribution in [2.45, 2.75) is 51.9 Å². The van der Waals surface area contributed by atoms with E-state index in [1.54, 1.807) is 6.08 Å². The molecule has 0 aromatic heterocycles. The fraction of sp³-hybridized carbons (Fsp3) is 0.400. The smallest absolute Gasteiger partial charge is 0.338 e. The number of rotatable bonds is 0. The molecule has 1 saturated heterocycles. The Morgan fingerprint density at radius 2 is 1.92 bits per heavy atom. The third-order valence-electron chi connectivity index (χ3n) is 4.32. The van der Waals surface area contributed by atoms with Gasteiger partial charge in [-0.15, -0.1) is 0 Å². The Kier molecular flexibility index (Phi) is 4.67. The number of hydrogen-bond acceptors (Lipinski definition) is 4. The lowest BCUT2D eigenvalue weighted by molar-refractivity contribution is -0.114. The molecule has 126 valence electrons. The van der Waals surface area contributed by atoms with E-state index in [2.05, 4.69) is 0 Å². The lowest BCUT2D eigenvalue weighted by atomic mass is 9.95. The number of esters is 1. The molecule has 0 bridgehead atoms. The number of allylic oxidation sites excluding steroid dienone is 3. The molecule has 1 aromatic rings. The van der Waals surface area contributed by atoms with E-state index in [1.807, 2.05) is 45.1 Å². The second-order valence-electron chi connectivity index (χ2n) is 6.59. The van der Waals surface area contributed by atoms with Crippen LogP contribution >= 0.6 is 0 Å². The number of carbonyl (C=O) groups excluding carboxylic acids is 2. The van der Waals surface area contributed by atoms with Gasteiger partial charge >= 0.3 is 5.97 Å². The van der Waals surface area contributed by atoms with Gasteiger partial charge in [0, 0.05) is 12.8 Å². The Morgan fingerprint density at radius 1 is 1.12 bits per heavy atom. The topological polar surface area (TPSA) is 55.9 Å². The van der Waals surface area contributed by atoms with Crippen LogP contribution < -0.4 is 0 Å². The van der Waals surface area contributed by atoms with Crippen molar-refractivity contribution >= 4 is 11.8 Å². The molecule has 0 unspecified atom stereocenters. The molecular formula is C20H22O4. The first-order valence-corrected chi connectivity index (χ1v) is 8.28. The van der Waals surface area contributed by atoms with E-state index in [0.29, 0.717) is 12.0 Å². The van der Waals surface area contributed by atoms with Gasteiger partial charge in [0.25, 0.3) is 0 Å². The van der Waals surface area contributed by atoms with Crippen molar-refractivity contribution in [1.82, 2.24) is 0 Å². The van der Waals surface area contributed by atoms with Crippen molar-refractivity contribution in [2.75, 3.05) is 0 Å². The molecule has 24 heavy (non-hydrogen) atoms. The van der Waals surface area contributed by atoms with Crippen LogP contribution in [0.4, 0.5) is 0 Å². The summed E-state index contributed by atoms with van der Waals surface area (Å²) < 4.78 is 11.1. The Bertz CT molecular complexity index is 729. The van der Waals surface area contributed by atoms with Gasteiger partial charge in [0.05, 0.1) is 11.7 Å². The van der Waals surface area contributed by atoms with Gasteiger partial charge in [0.15, 0.2) is 5.78 Å². The third-order valence-corrected chi connectivity index (χ3v) is 4.32. The molecule has 0 radical (unpaired) electrons. The van der Waals surface area contributed by atoms with Crippen LogP contribution in [0, 0.1) is 13.8 Å². The molecule has 2 aliphatic heterocycles. The number of benzene rings is 1. The first-order valence-electron chi connectivity index (χ1n) is 8.28. The minimum atomic E-state index is -0.364. The average Bonchev–Trinajstić information content (AvgIpc) is 3.19. The van der Waals surface area contributed by atoms with Gasteiger partial charge in [-0.1, -0.05) is 35.9 Å². The zero-order valence-corrected chi connectivity index (χ0v) is 14.2. The SMILES string of the molecule is Cc1cc(C)c2c(c1)CC(=O)/C=C/C=C\[C@@H]1O[C@@H]1C[C@@H](C)OC2=O. The van der Waals surface area contributed by atoms with Crippen LogP contribution in [0.2, 0.25) is 0 Å². The highest BCUT2D eigenvalue weighted by atomic mass is 16.6. The van der Waals surface area contributed by atoms with Crippen LogP contribution in [0.15, 0.2) is 36.4 Å². The predicted molar refractivity (Wildman–Crippen MR) is 91.1 cm³/mol. The van der Waals surface area contributed by atoms with Gasteiger partial charge in [-0.2, -0.15) is 0 Å². The average molecular weight is 326 g/mol. The van der Waals surface area contributed by atoms with E-state index in [4.69, 9.17) is 9.47 Å². The maximum absolute atomic E-state index is 12.6. The van der Waals surface area contributed by atoms with Crippen LogP contribution in [-0.4, -0.2) is 30.1 Å². The highest BCUT2D eigenvalue weighted by Gasteiger charge is 2.38. The summed E-state index contributed by atoms with van der Waals surface area (Å²) in [5, 5.41) is 0. The zero-order chi connectivity index (χ0) is 17.3. The summed E-state index contributed by atoms with van der Waals surface area (Å²) in [6.45, 7) is 5.71. The summed E-state index contributed by atoms with van der Waals surface area (Å²) in [6, 6.07) is 3.83. The maximum Gasteiger partial charge on any atom is 0.338 e. The molecule has 4 nitrogen and oxygen atoms in total. The lowest BCUT2D eigenvalue weighted by Gasteiger charge is -2.16. The number of carbonyl (C=O) groups is 2. The summed E-state index contributed by atoms with van der Waals surface area (Å²) in [5.74, 6) is -0.409. The van der Waals surface area contributed by atoms with E-state index in [9.17, 15) is 9.59 Å². The quantitative estimate of drug-likeness (QED) is 0.542. The van der Waals surface area contributed by atoms with Crippen molar-refractivity contribution < 1.29 is 19.1 Å². The van der Waals surface area contributed by atoms with Crippen LogP contribution in [0.3, 0.4) is 0 Å². The van der Waals surface area contributed by atoms with E-state index >= 15 is 0 Å². The first-order chi connectivity index (χ1) is 11.4. The maximum atomic E-state index is 12.6. The van der Waals surface area contributed by atoms with Crippen molar-refractivity contribution in [3.05, 3.63) is 58.7 Å². The molecule has 0 amide bonds. The second-order valence-corrected chi connectivity index (χ2v) is 6.59. The van der Waals surface area contributed by atoms with Crippen molar-refractivity contribution in [3.63, 3.8) is 0 Å². The summed E-state index contributed by atoms with van der Waals surface area (Å²) in [6.07, 6.45) is 7.79. The number of ether oxygens (including phenoxy) is 2. The predicted octanol–water partition coefficient (Wildman–Crippen LogP) is 3.24. The van der Waals surface area contributed by atoms with E-state index in [1.165, 1.54) is 6.08 Å². The van der Waals surface area contributed by atoms with Crippen LogP contribution in [0.5, 0.6) is 0 Å². The fourth-order valence-corrected chi connectivity index (χ4v) is 3.20.